The first-order chi connectivity index (χ1) is 12.9. The molecule has 0 radical (unpaired) electrons. The first-order valence-electron chi connectivity index (χ1n) is 9.37. The van der Waals surface area contributed by atoms with Crippen LogP contribution in [0, 0.1) is 11.2 Å². The lowest BCUT2D eigenvalue weighted by atomic mass is 9.84. The highest BCUT2D eigenvalue weighted by Crippen LogP contribution is 2.30. The largest absolute Gasteiger partial charge is 0.280 e. The maximum Gasteiger partial charge on any atom is 0.132 e. The second-order valence-electron chi connectivity index (χ2n) is 7.82. The molecular weight excluding hydrogens is 333 g/mol. The molecule has 0 heterocycles. The van der Waals surface area contributed by atoms with Gasteiger partial charge in [-0.1, -0.05) is 99.6 Å². The third-order valence-electron chi connectivity index (χ3n) is 4.58. The predicted molar refractivity (Wildman–Crippen MR) is 112 cm³/mol. The number of nitrogens with zero attached hydrogens (tertiary/aromatic N) is 1. The molecule has 27 heavy (non-hydrogen) atoms. The van der Waals surface area contributed by atoms with Gasteiger partial charge in [-0.25, -0.2) is 4.39 Å². The zero-order chi connectivity index (χ0) is 19.3. The zero-order valence-corrected chi connectivity index (χ0v) is 16.2. The second kappa shape index (κ2) is 8.30. The standard InChI is InChI=1S/C25H26FN/c1-25(2,3)24(21-16-10-11-17-22(21)26)27-23(20-14-8-5-9-15-20)18-19-12-6-4-7-13-19/h4-17,23H,18H2,1-3H3/t23-/m0/s1. The van der Waals surface area contributed by atoms with Crippen LogP contribution in [-0.2, 0) is 6.42 Å². The summed E-state index contributed by atoms with van der Waals surface area (Å²) in [5.74, 6) is -0.224. The Hall–Kier alpha value is -2.74. The molecule has 0 fully saturated rings. The van der Waals surface area contributed by atoms with E-state index >= 15 is 0 Å². The molecule has 0 aliphatic carbocycles. The Bertz CT molecular complexity index is 892. The van der Waals surface area contributed by atoms with Crippen LogP contribution in [-0.4, -0.2) is 5.71 Å². The summed E-state index contributed by atoms with van der Waals surface area (Å²) in [6, 6.07) is 27.5. The van der Waals surface area contributed by atoms with Crippen molar-refractivity contribution in [2.45, 2.75) is 33.2 Å². The highest BCUT2D eigenvalue weighted by Gasteiger charge is 2.25. The summed E-state index contributed by atoms with van der Waals surface area (Å²) in [7, 11) is 0. The minimum atomic E-state index is -0.272. The summed E-state index contributed by atoms with van der Waals surface area (Å²) in [4.78, 5) is 5.12. The van der Waals surface area contributed by atoms with Crippen LogP contribution >= 0.6 is 0 Å². The van der Waals surface area contributed by atoms with Crippen molar-refractivity contribution in [3.05, 3.63) is 107 Å². The van der Waals surface area contributed by atoms with Crippen molar-refractivity contribution in [3.8, 4) is 0 Å². The number of rotatable bonds is 5. The summed E-state index contributed by atoms with van der Waals surface area (Å²) in [6.45, 7) is 6.26. The fourth-order valence-corrected chi connectivity index (χ4v) is 3.23. The molecule has 0 amide bonds. The Balaban J connectivity index is 2.10. The molecule has 138 valence electrons. The summed E-state index contributed by atoms with van der Waals surface area (Å²) in [5, 5.41) is 0. The summed E-state index contributed by atoms with van der Waals surface area (Å²) in [5.41, 5.74) is 3.46. The van der Waals surface area contributed by atoms with Gasteiger partial charge in [0.15, 0.2) is 0 Å². The Labute approximate surface area is 161 Å². The van der Waals surface area contributed by atoms with Gasteiger partial charge in [0.25, 0.3) is 0 Å². The molecular formula is C25H26FN. The molecule has 0 bridgehead atoms. The van der Waals surface area contributed by atoms with Crippen molar-refractivity contribution < 1.29 is 4.39 Å². The molecule has 0 unspecified atom stereocenters. The van der Waals surface area contributed by atoms with E-state index in [1.54, 1.807) is 6.07 Å². The van der Waals surface area contributed by atoms with Crippen LogP contribution in [0.3, 0.4) is 0 Å². The molecule has 2 heteroatoms. The van der Waals surface area contributed by atoms with E-state index in [1.807, 2.05) is 48.5 Å². The molecule has 3 aromatic rings. The van der Waals surface area contributed by atoms with Gasteiger partial charge < -0.3 is 0 Å². The lowest BCUT2D eigenvalue weighted by Gasteiger charge is -2.25. The van der Waals surface area contributed by atoms with Gasteiger partial charge in [0.05, 0.1) is 11.8 Å². The van der Waals surface area contributed by atoms with E-state index in [4.69, 9.17) is 4.99 Å². The Morgan fingerprint density at radius 2 is 1.37 bits per heavy atom. The SMILES string of the molecule is CC(C)(C)C(=N[C@@H](Cc1ccccc1)c1ccccc1)c1ccccc1F. The fourth-order valence-electron chi connectivity index (χ4n) is 3.23. The average molecular weight is 359 g/mol. The lowest BCUT2D eigenvalue weighted by Crippen LogP contribution is -2.24. The number of aliphatic imine (C=N–C) groups is 1. The van der Waals surface area contributed by atoms with Crippen molar-refractivity contribution in [3.63, 3.8) is 0 Å². The smallest absolute Gasteiger partial charge is 0.132 e. The minimum Gasteiger partial charge on any atom is -0.280 e. The third-order valence-corrected chi connectivity index (χ3v) is 4.58. The highest BCUT2D eigenvalue weighted by molar-refractivity contribution is 6.04. The van der Waals surface area contributed by atoms with E-state index in [1.165, 1.54) is 11.6 Å². The molecule has 0 saturated carbocycles. The number of hydrogen-bond donors (Lipinski definition) is 0. The Kier molecular flexibility index (Phi) is 5.85. The summed E-state index contributed by atoms with van der Waals surface area (Å²) < 4.78 is 14.6. The van der Waals surface area contributed by atoms with Crippen LogP contribution in [0.1, 0.15) is 43.5 Å². The number of halogens is 1. The van der Waals surface area contributed by atoms with Crippen LogP contribution in [0.2, 0.25) is 0 Å². The van der Waals surface area contributed by atoms with Crippen molar-refractivity contribution >= 4 is 5.71 Å². The van der Waals surface area contributed by atoms with Gasteiger partial charge in [0.2, 0.25) is 0 Å². The van der Waals surface area contributed by atoms with Crippen molar-refractivity contribution in [2.24, 2.45) is 10.4 Å². The van der Waals surface area contributed by atoms with Gasteiger partial charge in [0.1, 0.15) is 5.82 Å². The first kappa shape index (κ1) is 19.0. The van der Waals surface area contributed by atoms with Gasteiger partial charge >= 0.3 is 0 Å². The van der Waals surface area contributed by atoms with E-state index in [0.29, 0.717) is 5.56 Å². The van der Waals surface area contributed by atoms with Crippen LogP contribution in [0.15, 0.2) is 89.9 Å². The first-order valence-corrected chi connectivity index (χ1v) is 9.37. The molecule has 3 rings (SSSR count). The van der Waals surface area contributed by atoms with Crippen LogP contribution in [0.4, 0.5) is 4.39 Å². The van der Waals surface area contributed by atoms with Gasteiger partial charge in [-0.3, -0.25) is 4.99 Å². The molecule has 1 atom stereocenters. The maximum atomic E-state index is 14.6. The quantitative estimate of drug-likeness (QED) is 0.453. The van der Waals surface area contributed by atoms with Crippen LogP contribution < -0.4 is 0 Å². The molecule has 1 nitrogen and oxygen atoms in total. The third kappa shape index (κ3) is 4.91. The molecule has 0 aliphatic heterocycles. The van der Waals surface area contributed by atoms with E-state index in [0.717, 1.165) is 17.7 Å². The maximum absolute atomic E-state index is 14.6. The number of hydrogen-bond acceptors (Lipinski definition) is 1. The Morgan fingerprint density at radius 1 is 0.815 bits per heavy atom. The molecule has 0 spiro atoms. The topological polar surface area (TPSA) is 12.4 Å². The van der Waals surface area contributed by atoms with E-state index < -0.39 is 0 Å². The van der Waals surface area contributed by atoms with Gasteiger partial charge in [-0.15, -0.1) is 0 Å². The van der Waals surface area contributed by atoms with E-state index in [-0.39, 0.29) is 17.3 Å². The van der Waals surface area contributed by atoms with Crippen molar-refractivity contribution in [1.29, 1.82) is 0 Å². The molecule has 0 saturated heterocycles. The molecule has 0 aliphatic rings. The molecule has 0 aromatic heterocycles. The normalized spacial score (nSPS) is 13.4. The molecule has 3 aromatic carbocycles. The highest BCUT2D eigenvalue weighted by atomic mass is 19.1. The van der Waals surface area contributed by atoms with Crippen molar-refractivity contribution in [1.82, 2.24) is 0 Å². The minimum absolute atomic E-state index is 0.0672. The van der Waals surface area contributed by atoms with Crippen LogP contribution in [0.5, 0.6) is 0 Å². The second-order valence-corrected chi connectivity index (χ2v) is 7.82. The summed E-state index contributed by atoms with van der Waals surface area (Å²) in [6.07, 6.45) is 0.777. The monoisotopic (exact) mass is 359 g/mol. The van der Waals surface area contributed by atoms with Crippen LogP contribution in [0.25, 0.3) is 0 Å². The Morgan fingerprint density at radius 3 is 1.96 bits per heavy atom. The van der Waals surface area contributed by atoms with Crippen molar-refractivity contribution in [2.75, 3.05) is 0 Å². The molecule has 0 N–H and O–H groups in total. The van der Waals surface area contributed by atoms with E-state index in [9.17, 15) is 4.39 Å². The predicted octanol–water partition coefficient (Wildman–Crippen LogP) is 6.64. The average Bonchev–Trinajstić information content (AvgIpc) is 2.66. The number of benzene rings is 3. The fraction of sp³-hybridized carbons (Fsp3) is 0.240. The summed E-state index contributed by atoms with van der Waals surface area (Å²) >= 11 is 0. The van der Waals surface area contributed by atoms with Gasteiger partial charge in [-0.05, 0) is 23.6 Å². The van der Waals surface area contributed by atoms with Gasteiger partial charge in [0, 0.05) is 11.0 Å². The van der Waals surface area contributed by atoms with Gasteiger partial charge in [-0.2, -0.15) is 0 Å². The zero-order valence-electron chi connectivity index (χ0n) is 16.2. The lowest BCUT2D eigenvalue weighted by molar-refractivity contribution is 0.567. The van der Waals surface area contributed by atoms with E-state index in [2.05, 4.69) is 45.0 Å².